The zero-order valence-corrected chi connectivity index (χ0v) is 15.3. The Morgan fingerprint density at radius 2 is 1.77 bits per heavy atom. The van der Waals surface area contributed by atoms with Crippen LogP contribution in [0.5, 0.6) is 0 Å². The lowest BCUT2D eigenvalue weighted by Gasteiger charge is -2.48. The Morgan fingerprint density at radius 3 is 2.42 bits per heavy atom. The summed E-state index contributed by atoms with van der Waals surface area (Å²) in [6, 6.07) is 16.4. The minimum atomic E-state index is -0.369. The topological polar surface area (TPSA) is 20.3 Å². The van der Waals surface area contributed by atoms with E-state index in [1.54, 1.807) is 6.07 Å². The van der Waals surface area contributed by atoms with E-state index in [1.165, 1.54) is 18.1 Å². The van der Waals surface area contributed by atoms with Gasteiger partial charge in [-0.3, -0.25) is 9.69 Å². The van der Waals surface area contributed by atoms with Gasteiger partial charge in [-0.1, -0.05) is 42.8 Å². The van der Waals surface area contributed by atoms with Crippen molar-refractivity contribution in [1.82, 2.24) is 4.90 Å². The van der Waals surface area contributed by atoms with Crippen molar-refractivity contribution < 1.29 is 9.18 Å². The molecule has 136 valence electrons. The van der Waals surface area contributed by atoms with Gasteiger partial charge >= 0.3 is 0 Å². The monoisotopic (exact) mass is 351 g/mol. The fraction of sp³-hybridized carbons (Fsp3) is 0.435. The van der Waals surface area contributed by atoms with Crippen LogP contribution in [0, 0.1) is 18.7 Å². The molecule has 0 aliphatic carbocycles. The molecule has 2 atom stereocenters. The number of ketones is 1. The largest absolute Gasteiger partial charge is 0.294 e. The molecular weight excluding hydrogens is 325 g/mol. The van der Waals surface area contributed by atoms with E-state index in [2.05, 4.69) is 29.2 Å². The van der Waals surface area contributed by atoms with E-state index in [0.29, 0.717) is 12.1 Å². The quantitative estimate of drug-likeness (QED) is 0.710. The minimum Gasteiger partial charge on any atom is -0.294 e. The van der Waals surface area contributed by atoms with Crippen LogP contribution in [-0.2, 0) is 6.54 Å². The van der Waals surface area contributed by atoms with E-state index in [-0.39, 0.29) is 23.1 Å². The van der Waals surface area contributed by atoms with Crippen molar-refractivity contribution in [3.63, 3.8) is 0 Å². The zero-order valence-electron chi connectivity index (χ0n) is 15.3. The summed E-state index contributed by atoms with van der Waals surface area (Å²) in [6.45, 7) is 2.81. The number of piperidine rings is 2. The maximum atomic E-state index is 14.3. The SMILES string of the molecule is Cc1ccc(C(=O)C2CC3CCCC(C2)N3Cc2ccccc2)c(F)c1. The van der Waals surface area contributed by atoms with Crippen LogP contribution >= 0.6 is 0 Å². The van der Waals surface area contributed by atoms with Crippen LogP contribution in [0.3, 0.4) is 0 Å². The summed E-state index contributed by atoms with van der Waals surface area (Å²) < 4.78 is 14.3. The summed E-state index contributed by atoms with van der Waals surface area (Å²) in [4.78, 5) is 15.6. The first-order valence-corrected chi connectivity index (χ1v) is 9.72. The molecule has 2 nitrogen and oxygen atoms in total. The van der Waals surface area contributed by atoms with E-state index < -0.39 is 0 Å². The number of nitrogens with zero attached hydrogens (tertiary/aromatic N) is 1. The molecular formula is C23H26FNO. The molecule has 0 radical (unpaired) electrons. The summed E-state index contributed by atoms with van der Waals surface area (Å²) in [7, 11) is 0. The molecule has 2 aromatic carbocycles. The highest BCUT2D eigenvalue weighted by Gasteiger charge is 2.41. The predicted molar refractivity (Wildman–Crippen MR) is 102 cm³/mol. The Labute approximate surface area is 155 Å². The highest BCUT2D eigenvalue weighted by molar-refractivity contribution is 5.98. The standard InChI is InChI=1S/C23H26FNO/c1-16-10-11-21(22(24)12-16)23(26)18-13-19-8-5-9-20(14-18)25(19)15-17-6-3-2-4-7-17/h2-4,6-7,10-12,18-20H,5,8-9,13-15H2,1H3. The van der Waals surface area contributed by atoms with Gasteiger partial charge in [0.05, 0.1) is 5.56 Å². The van der Waals surface area contributed by atoms with E-state index in [4.69, 9.17) is 0 Å². The normalized spacial score (nSPS) is 25.8. The molecule has 2 fully saturated rings. The van der Waals surface area contributed by atoms with Crippen LogP contribution in [0.15, 0.2) is 48.5 Å². The van der Waals surface area contributed by atoms with Crippen LogP contribution in [0.25, 0.3) is 0 Å². The summed E-state index contributed by atoms with van der Waals surface area (Å²) in [6.07, 6.45) is 5.23. The number of benzene rings is 2. The molecule has 0 spiro atoms. The molecule has 2 unspecified atom stereocenters. The summed E-state index contributed by atoms with van der Waals surface area (Å²) in [5, 5.41) is 0. The van der Waals surface area contributed by atoms with Crippen molar-refractivity contribution in [3.8, 4) is 0 Å². The zero-order chi connectivity index (χ0) is 18.1. The molecule has 2 bridgehead atoms. The molecule has 0 aromatic heterocycles. The molecule has 0 amide bonds. The van der Waals surface area contributed by atoms with Gasteiger partial charge in [-0.2, -0.15) is 0 Å². The molecule has 4 rings (SSSR count). The van der Waals surface area contributed by atoms with Crippen LogP contribution in [0.2, 0.25) is 0 Å². The van der Waals surface area contributed by atoms with Crippen LogP contribution in [0.1, 0.15) is 53.6 Å². The van der Waals surface area contributed by atoms with Crippen molar-refractivity contribution in [3.05, 3.63) is 71.0 Å². The molecule has 0 N–H and O–H groups in total. The molecule has 26 heavy (non-hydrogen) atoms. The number of rotatable bonds is 4. The minimum absolute atomic E-state index is 0.00115. The summed E-state index contributed by atoms with van der Waals surface area (Å²) >= 11 is 0. The van der Waals surface area contributed by atoms with E-state index >= 15 is 0 Å². The number of aryl methyl sites for hydroxylation is 1. The van der Waals surface area contributed by atoms with Crippen molar-refractivity contribution in [1.29, 1.82) is 0 Å². The van der Waals surface area contributed by atoms with Crippen molar-refractivity contribution in [2.24, 2.45) is 5.92 Å². The van der Waals surface area contributed by atoms with E-state index in [1.807, 2.05) is 19.1 Å². The second kappa shape index (κ2) is 7.32. The molecule has 2 aromatic rings. The Bertz CT molecular complexity index is 774. The molecule has 3 heteroatoms. The molecule has 2 aliphatic rings. The summed E-state index contributed by atoms with van der Waals surface area (Å²) in [5.41, 5.74) is 2.46. The fourth-order valence-corrected chi connectivity index (χ4v) is 4.78. The number of carbonyl (C=O) groups excluding carboxylic acids is 1. The lowest BCUT2D eigenvalue weighted by molar-refractivity contribution is 0.00895. The second-order valence-electron chi connectivity index (χ2n) is 7.91. The smallest absolute Gasteiger partial charge is 0.169 e. The maximum Gasteiger partial charge on any atom is 0.169 e. The average molecular weight is 351 g/mol. The Balaban J connectivity index is 1.51. The van der Waals surface area contributed by atoms with E-state index in [9.17, 15) is 9.18 Å². The van der Waals surface area contributed by atoms with Gasteiger partial charge in [-0.15, -0.1) is 0 Å². The highest BCUT2D eigenvalue weighted by atomic mass is 19.1. The van der Waals surface area contributed by atoms with Crippen LogP contribution in [0.4, 0.5) is 4.39 Å². The predicted octanol–water partition coefficient (Wildman–Crippen LogP) is 5.15. The Morgan fingerprint density at radius 1 is 1.08 bits per heavy atom. The third kappa shape index (κ3) is 3.45. The first-order valence-electron chi connectivity index (χ1n) is 9.72. The van der Waals surface area contributed by atoms with Crippen LogP contribution < -0.4 is 0 Å². The van der Waals surface area contributed by atoms with Gasteiger partial charge < -0.3 is 0 Å². The molecule has 2 heterocycles. The molecule has 0 saturated carbocycles. The second-order valence-corrected chi connectivity index (χ2v) is 7.91. The molecule has 2 aliphatic heterocycles. The summed E-state index contributed by atoms with van der Waals surface area (Å²) in [5.74, 6) is -0.417. The van der Waals surface area contributed by atoms with Crippen molar-refractivity contribution >= 4 is 5.78 Å². The lowest BCUT2D eigenvalue weighted by Crippen LogP contribution is -2.52. The number of carbonyl (C=O) groups is 1. The number of fused-ring (bicyclic) bond motifs is 2. The van der Waals surface area contributed by atoms with Gasteiger partial charge in [-0.25, -0.2) is 4.39 Å². The third-order valence-corrected chi connectivity index (χ3v) is 6.09. The third-order valence-electron chi connectivity index (χ3n) is 6.09. The first kappa shape index (κ1) is 17.4. The highest BCUT2D eigenvalue weighted by Crippen LogP contribution is 2.39. The average Bonchev–Trinajstić information content (AvgIpc) is 2.62. The van der Waals surface area contributed by atoms with Gasteiger partial charge in [0.15, 0.2) is 5.78 Å². The van der Waals surface area contributed by atoms with Gasteiger partial charge in [0.25, 0.3) is 0 Å². The van der Waals surface area contributed by atoms with Crippen molar-refractivity contribution in [2.45, 2.75) is 57.7 Å². The van der Waals surface area contributed by atoms with Gasteiger partial charge in [0, 0.05) is 24.5 Å². The number of hydrogen-bond donors (Lipinski definition) is 0. The Hall–Kier alpha value is -2.00. The lowest BCUT2D eigenvalue weighted by atomic mass is 9.75. The molecule has 2 saturated heterocycles. The first-order chi connectivity index (χ1) is 12.6. The number of Topliss-reactive ketones (excluding diaryl/α,β-unsaturated/α-hetero) is 1. The van der Waals surface area contributed by atoms with E-state index in [0.717, 1.165) is 37.8 Å². The van der Waals surface area contributed by atoms with Gasteiger partial charge in [-0.05, 0) is 55.9 Å². The van der Waals surface area contributed by atoms with Crippen molar-refractivity contribution in [2.75, 3.05) is 0 Å². The van der Waals surface area contributed by atoms with Gasteiger partial charge in [0.1, 0.15) is 5.82 Å². The van der Waals surface area contributed by atoms with Gasteiger partial charge in [0.2, 0.25) is 0 Å². The van der Waals surface area contributed by atoms with Crippen LogP contribution in [-0.4, -0.2) is 22.8 Å². The maximum absolute atomic E-state index is 14.3. The Kier molecular flexibility index (Phi) is 4.90. The fourth-order valence-electron chi connectivity index (χ4n) is 4.78. The number of hydrogen-bond acceptors (Lipinski definition) is 2. The number of halogens is 1.